The van der Waals surface area contributed by atoms with Crippen molar-refractivity contribution < 1.29 is 14.3 Å². The Balaban J connectivity index is 2.66. The third-order valence-corrected chi connectivity index (χ3v) is 2.49. The monoisotopic (exact) mass is 282 g/mol. The maximum Gasteiger partial charge on any atom is 0.439 e. The first-order valence-electron chi connectivity index (χ1n) is 5.23. The number of hydrogen-bond donors (Lipinski definition) is 2. The Morgan fingerprint density at radius 3 is 2.47 bits per heavy atom. The number of urea groups is 1. The molecule has 1 aromatic rings. The highest BCUT2D eigenvalue weighted by atomic mass is 32.2. The van der Waals surface area contributed by atoms with Gasteiger partial charge in [-0.1, -0.05) is 42.1 Å². The van der Waals surface area contributed by atoms with Crippen LogP contribution in [-0.2, 0) is 11.3 Å². The second-order valence-corrected chi connectivity index (χ2v) is 4.16. The van der Waals surface area contributed by atoms with Crippen LogP contribution in [0.2, 0.25) is 0 Å². The number of carbonyl (C=O) groups is 2. The quantitative estimate of drug-likeness (QED) is 0.493. The molecule has 0 aromatic heterocycles. The maximum atomic E-state index is 11.6. The first-order valence-corrected chi connectivity index (χ1v) is 6.45. The number of rotatable bonds is 3. The van der Waals surface area contributed by atoms with Crippen molar-refractivity contribution in [2.24, 2.45) is 16.6 Å². The van der Waals surface area contributed by atoms with Crippen LogP contribution in [0.5, 0.6) is 0 Å². The van der Waals surface area contributed by atoms with E-state index in [1.807, 2.05) is 6.07 Å². The lowest BCUT2D eigenvalue weighted by Crippen LogP contribution is -2.38. The van der Waals surface area contributed by atoms with Gasteiger partial charge < -0.3 is 16.2 Å². The van der Waals surface area contributed by atoms with E-state index in [0.29, 0.717) is 5.01 Å². The molecular weight excluding hydrogens is 268 g/mol. The van der Waals surface area contributed by atoms with Crippen LogP contribution in [0.3, 0.4) is 0 Å². The highest BCUT2D eigenvalue weighted by Crippen LogP contribution is 2.04. The number of imide groups is 1. The largest absolute Gasteiger partial charge is 0.443 e. The molecule has 0 radical (unpaired) electrons. The van der Waals surface area contributed by atoms with Crippen molar-refractivity contribution in [2.75, 3.05) is 6.26 Å². The summed E-state index contributed by atoms with van der Waals surface area (Å²) in [6.45, 7) is 0.0120. The molecule has 102 valence electrons. The van der Waals surface area contributed by atoms with Crippen LogP contribution in [0.15, 0.2) is 35.4 Å². The fraction of sp³-hybridized carbons (Fsp3) is 0.182. The number of hydrazone groups is 1. The van der Waals surface area contributed by atoms with Crippen molar-refractivity contribution >= 4 is 29.1 Å². The van der Waals surface area contributed by atoms with E-state index in [1.165, 1.54) is 0 Å². The molecule has 4 N–H and O–H groups in total. The van der Waals surface area contributed by atoms with E-state index in [9.17, 15) is 9.59 Å². The normalized spacial score (nSPS) is 10.9. The van der Waals surface area contributed by atoms with Gasteiger partial charge in [0, 0.05) is 0 Å². The molecule has 0 saturated heterocycles. The Labute approximate surface area is 114 Å². The highest BCUT2D eigenvalue weighted by Gasteiger charge is 2.20. The van der Waals surface area contributed by atoms with Crippen LogP contribution in [0.1, 0.15) is 5.56 Å². The SMILES string of the molecule is CSC(N)=NN(C(N)=O)C(=O)OCc1ccccc1. The molecular formula is C11H14N4O3S. The third kappa shape index (κ3) is 4.88. The van der Waals surface area contributed by atoms with Crippen LogP contribution in [0.4, 0.5) is 9.59 Å². The Kier molecular flexibility index (Phi) is 5.68. The number of amidine groups is 1. The maximum absolute atomic E-state index is 11.6. The second-order valence-electron chi connectivity index (χ2n) is 3.33. The Morgan fingerprint density at radius 2 is 1.95 bits per heavy atom. The molecule has 0 spiro atoms. The fourth-order valence-corrected chi connectivity index (χ4v) is 1.26. The second kappa shape index (κ2) is 7.27. The summed E-state index contributed by atoms with van der Waals surface area (Å²) >= 11 is 1.07. The summed E-state index contributed by atoms with van der Waals surface area (Å²) in [6.07, 6.45) is 0.668. The van der Waals surface area contributed by atoms with Crippen molar-refractivity contribution in [2.45, 2.75) is 6.61 Å². The summed E-state index contributed by atoms with van der Waals surface area (Å²) in [7, 11) is 0. The summed E-state index contributed by atoms with van der Waals surface area (Å²) in [5.41, 5.74) is 11.2. The van der Waals surface area contributed by atoms with Gasteiger partial charge in [0.1, 0.15) is 6.61 Å². The van der Waals surface area contributed by atoms with Crippen LogP contribution in [-0.4, -0.2) is 28.6 Å². The van der Waals surface area contributed by atoms with Gasteiger partial charge in [-0.15, -0.1) is 10.1 Å². The average Bonchev–Trinajstić information content (AvgIpc) is 2.42. The predicted octanol–water partition coefficient (Wildman–Crippen LogP) is 1.30. The fourth-order valence-electron chi connectivity index (χ4n) is 1.10. The molecule has 3 amide bonds. The molecule has 7 nitrogen and oxygen atoms in total. The smallest absolute Gasteiger partial charge is 0.439 e. The van der Waals surface area contributed by atoms with Gasteiger partial charge in [-0.25, -0.2) is 9.59 Å². The number of primary amides is 1. The van der Waals surface area contributed by atoms with Gasteiger partial charge in [0.05, 0.1) is 0 Å². The zero-order chi connectivity index (χ0) is 14.3. The van der Waals surface area contributed by atoms with Crippen molar-refractivity contribution in [3.05, 3.63) is 35.9 Å². The lowest BCUT2D eigenvalue weighted by molar-refractivity contribution is 0.107. The molecule has 0 saturated carbocycles. The first-order chi connectivity index (χ1) is 9.04. The zero-order valence-electron chi connectivity index (χ0n) is 10.3. The Hall–Kier alpha value is -2.22. The molecule has 1 rings (SSSR count). The summed E-state index contributed by atoms with van der Waals surface area (Å²) < 4.78 is 4.91. The van der Waals surface area contributed by atoms with Crippen LogP contribution in [0.25, 0.3) is 0 Å². The lowest BCUT2D eigenvalue weighted by Gasteiger charge is -2.13. The van der Waals surface area contributed by atoms with E-state index in [1.54, 1.807) is 30.5 Å². The molecule has 0 aliphatic carbocycles. The molecule has 0 heterocycles. The predicted molar refractivity (Wildman–Crippen MR) is 73.2 cm³/mol. The van der Waals surface area contributed by atoms with Crippen LogP contribution in [0, 0.1) is 0 Å². The summed E-state index contributed by atoms with van der Waals surface area (Å²) in [4.78, 5) is 22.7. The van der Waals surface area contributed by atoms with E-state index in [4.69, 9.17) is 16.2 Å². The van der Waals surface area contributed by atoms with Crippen molar-refractivity contribution in [3.63, 3.8) is 0 Å². The van der Waals surface area contributed by atoms with Crippen LogP contribution >= 0.6 is 11.8 Å². The van der Waals surface area contributed by atoms with Crippen molar-refractivity contribution in [1.82, 2.24) is 5.01 Å². The summed E-state index contributed by atoms with van der Waals surface area (Å²) in [6, 6.07) is 7.94. The molecule has 0 aliphatic heterocycles. The third-order valence-electron chi connectivity index (χ3n) is 1.99. The summed E-state index contributed by atoms with van der Waals surface area (Å²) in [5.74, 6) is 0. The van der Waals surface area contributed by atoms with Crippen LogP contribution < -0.4 is 11.5 Å². The van der Waals surface area contributed by atoms with Gasteiger partial charge in [0.25, 0.3) is 0 Å². The van der Waals surface area contributed by atoms with Crippen molar-refractivity contribution in [1.29, 1.82) is 0 Å². The Bertz CT molecular complexity index is 478. The van der Waals surface area contributed by atoms with Gasteiger partial charge in [-0.2, -0.15) is 0 Å². The zero-order valence-corrected chi connectivity index (χ0v) is 11.1. The highest BCUT2D eigenvalue weighted by molar-refractivity contribution is 8.13. The molecule has 0 fully saturated rings. The minimum Gasteiger partial charge on any atom is -0.443 e. The van der Waals surface area contributed by atoms with E-state index in [-0.39, 0.29) is 11.8 Å². The number of ether oxygens (including phenoxy) is 1. The van der Waals surface area contributed by atoms with E-state index in [0.717, 1.165) is 17.3 Å². The number of nitrogens with zero attached hydrogens (tertiary/aromatic N) is 2. The number of hydrogen-bond acceptors (Lipinski definition) is 5. The van der Waals surface area contributed by atoms with E-state index >= 15 is 0 Å². The summed E-state index contributed by atoms with van der Waals surface area (Å²) in [5, 5.41) is 3.96. The molecule has 19 heavy (non-hydrogen) atoms. The molecule has 0 atom stereocenters. The molecule has 8 heteroatoms. The van der Waals surface area contributed by atoms with Crippen molar-refractivity contribution in [3.8, 4) is 0 Å². The molecule has 1 aromatic carbocycles. The molecule has 0 aliphatic rings. The van der Waals surface area contributed by atoms with E-state index in [2.05, 4.69) is 5.10 Å². The van der Waals surface area contributed by atoms with Gasteiger partial charge >= 0.3 is 12.1 Å². The number of carbonyl (C=O) groups excluding carboxylic acids is 2. The topological polar surface area (TPSA) is 111 Å². The molecule has 0 bridgehead atoms. The van der Waals surface area contributed by atoms with Gasteiger partial charge in [-0.3, -0.25) is 0 Å². The van der Waals surface area contributed by atoms with Gasteiger partial charge in [0.15, 0.2) is 5.17 Å². The Morgan fingerprint density at radius 1 is 1.32 bits per heavy atom. The standard InChI is InChI=1S/C11H14N4O3S/c1-19-9(12)14-15(10(13)16)11(17)18-7-8-5-3-2-4-6-8/h2-6H,7H2,1H3,(H2,12,14)(H2,13,16). The number of nitrogens with two attached hydrogens (primary N) is 2. The molecule has 0 unspecified atom stereocenters. The average molecular weight is 282 g/mol. The van der Waals surface area contributed by atoms with Gasteiger partial charge in [0.2, 0.25) is 0 Å². The number of benzene rings is 1. The number of thioether (sulfide) groups is 1. The number of amides is 3. The first kappa shape index (κ1) is 14.8. The van der Waals surface area contributed by atoms with Gasteiger partial charge in [-0.05, 0) is 11.8 Å². The minimum absolute atomic E-state index is 0.0120. The minimum atomic E-state index is -1.06. The van der Waals surface area contributed by atoms with E-state index < -0.39 is 12.1 Å². The lowest BCUT2D eigenvalue weighted by atomic mass is 10.2.